The summed E-state index contributed by atoms with van der Waals surface area (Å²) in [6.07, 6.45) is -0.768. The van der Waals surface area contributed by atoms with E-state index in [1.54, 1.807) is 0 Å². The largest absolute Gasteiger partial charge is 0.419 e. The molecule has 1 amide bonds. The number of hydrogen-bond acceptors (Lipinski definition) is 8. The van der Waals surface area contributed by atoms with Crippen LogP contribution in [0.2, 0.25) is 5.02 Å². The average Bonchev–Trinajstić information content (AvgIpc) is 2.77. The molecule has 0 aromatic carbocycles. The lowest BCUT2D eigenvalue weighted by Gasteiger charge is -2.43. The fraction of sp³-hybridized carbons (Fsp3) is 0.400. The van der Waals surface area contributed by atoms with Crippen LogP contribution in [0.15, 0.2) is 29.8 Å². The molecule has 3 rings (SSSR count). The van der Waals surface area contributed by atoms with Crippen LogP contribution in [0.5, 0.6) is 0 Å². The lowest BCUT2D eigenvalue weighted by molar-refractivity contribution is -0.138. The Bertz CT molecular complexity index is 1100. The minimum Gasteiger partial charge on any atom is -0.352 e. The number of alkyl halides is 5. The van der Waals surface area contributed by atoms with Gasteiger partial charge in [-0.2, -0.15) is 18.3 Å². The molecule has 0 bridgehead atoms. The minimum absolute atomic E-state index is 0.0416. The topological polar surface area (TPSA) is 119 Å². The summed E-state index contributed by atoms with van der Waals surface area (Å²) in [5.41, 5.74) is 1.29. The Morgan fingerprint density at radius 1 is 1.31 bits per heavy atom. The van der Waals surface area contributed by atoms with Crippen LogP contribution in [0.4, 0.5) is 33.6 Å². The maximum atomic E-state index is 14.4. The van der Waals surface area contributed by atoms with Crippen molar-refractivity contribution in [3.05, 3.63) is 40.9 Å². The monoisotopic (exact) mass is 518 g/mol. The third-order valence-electron chi connectivity index (χ3n) is 5.18. The Hall–Kier alpha value is -3.42. The predicted molar refractivity (Wildman–Crippen MR) is 119 cm³/mol. The van der Waals surface area contributed by atoms with E-state index in [0.29, 0.717) is 12.4 Å². The van der Waals surface area contributed by atoms with Crippen LogP contribution < -0.4 is 10.7 Å². The van der Waals surface area contributed by atoms with Crippen molar-refractivity contribution in [3.63, 3.8) is 0 Å². The number of pyridine rings is 1. The lowest BCUT2D eigenvalue weighted by atomic mass is 9.88. The Balaban J connectivity index is 1.85. The number of carbonyl (C=O) groups excluding carboxylic acids is 1. The third kappa shape index (κ3) is 6.59. The van der Waals surface area contributed by atoms with Crippen LogP contribution >= 0.6 is 11.6 Å². The highest BCUT2D eigenvalue weighted by Crippen LogP contribution is 2.36. The molecule has 1 fully saturated rings. The molecule has 0 aliphatic carbocycles. The zero-order valence-corrected chi connectivity index (χ0v) is 18.9. The Morgan fingerprint density at radius 2 is 2.00 bits per heavy atom. The number of rotatable bonds is 7. The highest BCUT2D eigenvalue weighted by molar-refractivity contribution is 6.30. The molecule has 3 N–H and O–H groups in total. The number of hydrogen-bond donors (Lipinski definition) is 3. The third-order valence-corrected chi connectivity index (χ3v) is 5.39. The van der Waals surface area contributed by atoms with Gasteiger partial charge in [-0.15, -0.1) is 0 Å². The smallest absolute Gasteiger partial charge is 0.352 e. The number of hydrazone groups is 1. The van der Waals surface area contributed by atoms with E-state index in [0.717, 1.165) is 17.3 Å². The van der Waals surface area contributed by atoms with Gasteiger partial charge in [0.25, 0.3) is 11.8 Å². The summed E-state index contributed by atoms with van der Waals surface area (Å²) in [7, 11) is 0. The molecule has 1 aliphatic rings. The molecule has 0 saturated carbocycles. The van der Waals surface area contributed by atoms with Crippen LogP contribution in [0.3, 0.4) is 0 Å². The van der Waals surface area contributed by atoms with Crippen LogP contribution in [0.25, 0.3) is 0 Å². The fourth-order valence-electron chi connectivity index (χ4n) is 3.62. The van der Waals surface area contributed by atoms with Gasteiger partial charge in [-0.25, -0.2) is 23.7 Å². The van der Waals surface area contributed by atoms with E-state index < -0.39 is 48.5 Å². The molecule has 9 nitrogen and oxygen atoms in total. The fourth-order valence-corrected chi connectivity index (χ4v) is 3.77. The number of aromatic nitrogens is 3. The van der Waals surface area contributed by atoms with Gasteiger partial charge in [-0.3, -0.25) is 10.2 Å². The van der Waals surface area contributed by atoms with Gasteiger partial charge < -0.3 is 15.6 Å². The van der Waals surface area contributed by atoms with E-state index in [4.69, 9.17) is 17.0 Å². The van der Waals surface area contributed by atoms with Gasteiger partial charge in [0, 0.05) is 37.8 Å². The zero-order chi connectivity index (χ0) is 25.8. The SMILES string of the molecule is C[C@@H]1CC(F)(F)CN(C(=O)c2ncc(Cl)cc2N/N=C\C=N)C1CNc1ncc(C(F)(F)F)cn1. The number of amides is 1. The van der Waals surface area contributed by atoms with E-state index in [1.165, 1.54) is 19.2 Å². The number of piperidine rings is 1. The predicted octanol–water partition coefficient (Wildman–Crippen LogP) is 4.19. The molecule has 1 unspecified atom stereocenters. The van der Waals surface area contributed by atoms with Crippen molar-refractivity contribution in [2.24, 2.45) is 11.0 Å². The van der Waals surface area contributed by atoms with Crippen molar-refractivity contribution in [2.75, 3.05) is 23.8 Å². The molecule has 2 aromatic heterocycles. The second kappa shape index (κ2) is 10.5. The summed E-state index contributed by atoms with van der Waals surface area (Å²) in [6.45, 7) is 0.538. The van der Waals surface area contributed by atoms with Crippen molar-refractivity contribution in [3.8, 4) is 0 Å². The van der Waals surface area contributed by atoms with Gasteiger partial charge in [0.05, 0.1) is 35.1 Å². The Kier molecular flexibility index (Phi) is 7.83. The van der Waals surface area contributed by atoms with Gasteiger partial charge in [0.2, 0.25) is 5.95 Å². The molecule has 35 heavy (non-hydrogen) atoms. The van der Waals surface area contributed by atoms with Gasteiger partial charge in [0.1, 0.15) is 0 Å². The lowest BCUT2D eigenvalue weighted by Crippen LogP contribution is -2.57. The molecule has 2 atom stereocenters. The number of nitrogens with zero attached hydrogens (tertiary/aromatic N) is 5. The molecular formula is C20H20ClF5N8O. The van der Waals surface area contributed by atoms with Gasteiger partial charge >= 0.3 is 6.18 Å². The number of carbonyl (C=O) groups is 1. The minimum atomic E-state index is -4.61. The molecule has 0 spiro atoms. The van der Waals surface area contributed by atoms with Crippen LogP contribution in [0, 0.1) is 11.3 Å². The maximum Gasteiger partial charge on any atom is 0.419 e. The van der Waals surface area contributed by atoms with Crippen molar-refractivity contribution in [2.45, 2.75) is 31.5 Å². The summed E-state index contributed by atoms with van der Waals surface area (Å²) in [6, 6.07) is 0.543. The summed E-state index contributed by atoms with van der Waals surface area (Å²) < 4.78 is 67.0. The number of halogens is 6. The summed E-state index contributed by atoms with van der Waals surface area (Å²) in [5, 5.41) is 13.6. The Labute approximate surface area is 201 Å². The number of likely N-dealkylation sites (tertiary alicyclic amines) is 1. The van der Waals surface area contributed by atoms with Crippen LogP contribution in [-0.2, 0) is 6.18 Å². The molecule has 0 radical (unpaired) electrons. The molecule has 188 valence electrons. The molecule has 2 aromatic rings. The normalized spacial score (nSPS) is 20.0. The summed E-state index contributed by atoms with van der Waals surface area (Å²) in [5.74, 6) is -4.85. The highest BCUT2D eigenvalue weighted by Gasteiger charge is 2.46. The van der Waals surface area contributed by atoms with E-state index >= 15 is 0 Å². The Morgan fingerprint density at radius 3 is 2.63 bits per heavy atom. The quantitative estimate of drug-likeness (QED) is 0.287. The highest BCUT2D eigenvalue weighted by atomic mass is 35.5. The summed E-state index contributed by atoms with van der Waals surface area (Å²) in [4.78, 5) is 25.5. The van der Waals surface area contributed by atoms with Crippen molar-refractivity contribution < 1.29 is 26.7 Å². The molecule has 1 saturated heterocycles. The number of nitrogens with one attached hydrogen (secondary N) is 3. The van der Waals surface area contributed by atoms with E-state index in [9.17, 15) is 26.7 Å². The van der Waals surface area contributed by atoms with Crippen molar-refractivity contribution in [1.82, 2.24) is 19.9 Å². The molecule has 15 heteroatoms. The van der Waals surface area contributed by atoms with E-state index in [1.807, 2.05) is 0 Å². The van der Waals surface area contributed by atoms with Crippen LogP contribution in [0.1, 0.15) is 29.4 Å². The molecule has 1 aliphatic heterocycles. The van der Waals surface area contributed by atoms with Crippen LogP contribution in [-0.4, -0.2) is 63.2 Å². The van der Waals surface area contributed by atoms with E-state index in [-0.39, 0.29) is 28.9 Å². The second-order valence-electron chi connectivity index (χ2n) is 7.82. The first kappa shape index (κ1) is 26.2. The average molecular weight is 519 g/mol. The van der Waals surface area contributed by atoms with Gasteiger partial charge in [-0.1, -0.05) is 18.5 Å². The van der Waals surface area contributed by atoms with Crippen molar-refractivity contribution in [1.29, 1.82) is 5.41 Å². The standard InChI is InChI=1S/C20H20ClF5N8O/c1-11-5-19(22,23)10-34(15(11)9-31-18-29-6-12(7-30-18)20(24,25)26)17(35)16-14(33-32-3-2-27)4-13(21)8-28-16/h2-4,6-8,11,15,27,33H,5,9-10H2,1H3,(H,29,30,31)/b27-2?,32-3-/t11-,15?/m1/s1. The first-order valence-electron chi connectivity index (χ1n) is 10.2. The molecular weight excluding hydrogens is 499 g/mol. The summed E-state index contributed by atoms with van der Waals surface area (Å²) >= 11 is 5.94. The number of anilines is 2. The maximum absolute atomic E-state index is 14.4. The second-order valence-corrected chi connectivity index (χ2v) is 8.25. The zero-order valence-electron chi connectivity index (χ0n) is 18.2. The molecule has 3 heterocycles. The van der Waals surface area contributed by atoms with E-state index in [2.05, 4.69) is 30.8 Å². The van der Waals surface area contributed by atoms with Gasteiger partial charge in [0.15, 0.2) is 5.69 Å². The first-order chi connectivity index (χ1) is 16.4. The van der Waals surface area contributed by atoms with Crippen molar-refractivity contribution >= 4 is 41.6 Å². The first-order valence-corrected chi connectivity index (χ1v) is 10.5. The van der Waals surface area contributed by atoms with Gasteiger partial charge in [-0.05, 0) is 12.0 Å².